The summed E-state index contributed by atoms with van der Waals surface area (Å²) < 4.78 is 107. The lowest BCUT2D eigenvalue weighted by Gasteiger charge is -2.29. The summed E-state index contributed by atoms with van der Waals surface area (Å²) in [7, 11) is 0. The van der Waals surface area contributed by atoms with Crippen molar-refractivity contribution in [2.75, 3.05) is 90.0 Å². The number of ether oxygens (including phenoxy) is 3. The predicted molar refractivity (Wildman–Crippen MR) is 381 cm³/mol. The van der Waals surface area contributed by atoms with E-state index in [1.807, 2.05) is 0 Å². The average molecular weight is 1420 g/mol. The number of aromatic nitrogens is 12. The van der Waals surface area contributed by atoms with Crippen LogP contribution in [0.25, 0.3) is 67.3 Å². The van der Waals surface area contributed by atoms with Crippen molar-refractivity contribution in [2.45, 2.75) is 64.7 Å². The number of hydrogen-bond donors (Lipinski definition) is 9. The molecule has 15 N–H and O–H groups in total. The maximum atomic E-state index is 14.9. The Morgan fingerprint density at radius 2 is 0.721 bits per heavy atom. The second kappa shape index (κ2) is 30.7. The van der Waals surface area contributed by atoms with E-state index in [0.717, 1.165) is 26.1 Å². The zero-order valence-corrected chi connectivity index (χ0v) is 56.0. The number of carbonyl (C=O) groups excluding carboxylic acids is 2. The Labute approximate surface area is 589 Å². The number of nitrogens with two attached hydrogens (primary N) is 6. The van der Waals surface area contributed by atoms with E-state index in [0.29, 0.717) is 95.8 Å². The van der Waals surface area contributed by atoms with Crippen LogP contribution in [-0.2, 0) is 43.4 Å². The number of benzene rings is 6. The van der Waals surface area contributed by atoms with E-state index in [-0.39, 0.29) is 141 Å². The van der Waals surface area contributed by atoms with Crippen molar-refractivity contribution < 1.29 is 50.1 Å². The SMILES string of the molecule is CC(Nc1c(N)nc(-c2nn(Cc3ccccc3F)c3c(F)cccc23)nc1N)C1CCOCC1.Nc1nc(-c2nn(Cc3ccccc3F)c3c(F)cccc23)nc(N)c1NC(=O)C1CCOC1.Nc1nc(-c2nn(Cc3ccccc3F)c3c(F)cccc23)nc(N)c1NC(=O)C1CCOCC1. The van der Waals surface area contributed by atoms with Gasteiger partial charge in [0.25, 0.3) is 0 Å². The van der Waals surface area contributed by atoms with Crippen LogP contribution in [0.3, 0.4) is 0 Å². The summed E-state index contributed by atoms with van der Waals surface area (Å²) in [6.07, 6.45) is 3.69. The van der Waals surface area contributed by atoms with Crippen molar-refractivity contribution in [3.05, 3.63) is 179 Å². The van der Waals surface area contributed by atoms with Gasteiger partial charge in [0.05, 0.1) is 32.2 Å². The molecule has 9 heterocycles. The molecule has 536 valence electrons. The average Bonchev–Trinajstić information content (AvgIpc) is 1.62. The minimum Gasteiger partial charge on any atom is -0.382 e. The van der Waals surface area contributed by atoms with Gasteiger partial charge in [-0.3, -0.25) is 23.6 Å². The molecule has 6 aromatic heterocycles. The van der Waals surface area contributed by atoms with Gasteiger partial charge in [0, 0.05) is 77.8 Å². The van der Waals surface area contributed by atoms with Crippen LogP contribution in [0.2, 0.25) is 0 Å². The first-order chi connectivity index (χ1) is 50.3. The monoisotopic (exact) mass is 1420 g/mol. The number of nitrogen functional groups attached to an aromatic ring is 6. The van der Waals surface area contributed by atoms with E-state index in [1.54, 1.807) is 78.9 Å². The largest absolute Gasteiger partial charge is 0.382 e. The van der Waals surface area contributed by atoms with Gasteiger partial charge in [-0.15, -0.1) is 0 Å². The fraction of sp³-hybridized carbons (Fsp3) is 0.264. The van der Waals surface area contributed by atoms with Crippen LogP contribution < -0.4 is 50.4 Å². The van der Waals surface area contributed by atoms with Gasteiger partial charge in [0.1, 0.15) is 85.6 Å². The van der Waals surface area contributed by atoms with Gasteiger partial charge >= 0.3 is 0 Å². The van der Waals surface area contributed by atoms with Crippen molar-refractivity contribution in [3.63, 3.8) is 0 Å². The first-order valence-electron chi connectivity index (χ1n) is 33.3. The zero-order valence-electron chi connectivity index (χ0n) is 56.0. The molecule has 6 aromatic carbocycles. The molecule has 0 spiro atoms. The molecule has 26 nitrogen and oxygen atoms in total. The normalized spacial score (nSPS) is 15.1. The first kappa shape index (κ1) is 70.4. The summed E-state index contributed by atoms with van der Waals surface area (Å²) in [6, 6.07) is 32.4. The summed E-state index contributed by atoms with van der Waals surface area (Å²) in [5, 5.41) is 23.5. The molecule has 2 amide bonds. The highest BCUT2D eigenvalue weighted by atomic mass is 19.1. The lowest BCUT2D eigenvalue weighted by molar-refractivity contribution is -0.122. The highest BCUT2D eigenvalue weighted by Crippen LogP contribution is 2.38. The Morgan fingerprint density at radius 3 is 1.07 bits per heavy atom. The van der Waals surface area contributed by atoms with E-state index >= 15 is 0 Å². The molecular weight excluding hydrogens is 1350 g/mol. The molecule has 0 aliphatic carbocycles. The number of nitrogens with one attached hydrogen (secondary N) is 3. The molecule has 104 heavy (non-hydrogen) atoms. The lowest BCUT2D eigenvalue weighted by atomic mass is 9.93. The lowest BCUT2D eigenvalue weighted by Crippen LogP contribution is -2.31. The number of amides is 2. The fourth-order valence-electron chi connectivity index (χ4n) is 12.7. The Balaban J connectivity index is 0.000000139. The van der Waals surface area contributed by atoms with Gasteiger partial charge in [-0.1, -0.05) is 91.0 Å². The Morgan fingerprint density at radius 1 is 0.413 bits per heavy atom. The summed E-state index contributed by atoms with van der Waals surface area (Å²) in [4.78, 5) is 51.1. The molecule has 2 atom stereocenters. The fourth-order valence-corrected chi connectivity index (χ4v) is 12.7. The molecule has 0 radical (unpaired) electrons. The quantitative estimate of drug-likeness (QED) is 0.0406. The maximum absolute atomic E-state index is 14.9. The van der Waals surface area contributed by atoms with Gasteiger partial charge in [0.2, 0.25) is 11.8 Å². The van der Waals surface area contributed by atoms with Gasteiger partial charge in [0.15, 0.2) is 52.4 Å². The van der Waals surface area contributed by atoms with Crippen molar-refractivity contribution >= 4 is 96.5 Å². The summed E-state index contributed by atoms with van der Waals surface area (Å²) in [5.41, 5.74) is 40.1. The number of para-hydroxylation sites is 3. The Bertz CT molecular complexity index is 5120. The standard InChI is InChI=1S/C25H27F2N7O.C24H23F2N7O2.C23H21F2N7O2/c1-14(15-9-11-35-12-10-15)30-21-23(28)31-25(32-24(21)29)20-17-6-4-8-19(27)22(17)34(33-20)13-16-5-2-3-7-18(16)26;25-16-6-2-1-4-14(16)12-33-20-15(5-3-7-17(20)26)18(32-33)23-30-21(27)19(22(28)31-23)29-24(34)13-8-10-35-11-9-13;24-15-6-2-1-4-12(15)10-32-19-14(5-3-7-16(19)25)17(31-32)22-29-20(26)18(21(27)30-22)28-23(33)13-8-9-34-11-13/h2-8,14-15,30H,9-13H2,1H3,(H4,28,29,31,32);1-7,13H,8-12H2,(H,29,34)(H4,27,28,30,31);1-7,13H,8-11H2,(H,28,33)(H4,26,27,29,30). The minimum atomic E-state index is -0.531. The first-order valence-corrected chi connectivity index (χ1v) is 33.3. The highest BCUT2D eigenvalue weighted by molar-refractivity contribution is 6.01. The third-order valence-electron chi connectivity index (χ3n) is 18.3. The number of halogens is 6. The van der Waals surface area contributed by atoms with Crippen LogP contribution in [0.15, 0.2) is 127 Å². The predicted octanol–water partition coefficient (Wildman–Crippen LogP) is 10.5. The number of fused-ring (bicyclic) bond motifs is 3. The molecule has 3 fully saturated rings. The van der Waals surface area contributed by atoms with Crippen molar-refractivity contribution in [1.29, 1.82) is 0 Å². The number of hydrogen-bond acceptors (Lipinski definition) is 21. The molecule has 3 aliphatic rings. The molecule has 3 aliphatic heterocycles. The van der Waals surface area contributed by atoms with Crippen molar-refractivity contribution in [1.82, 2.24) is 59.2 Å². The van der Waals surface area contributed by atoms with Crippen LogP contribution in [0.5, 0.6) is 0 Å². The molecule has 3 saturated heterocycles. The summed E-state index contributed by atoms with van der Waals surface area (Å²) in [5.74, 6) is -2.95. The summed E-state index contributed by atoms with van der Waals surface area (Å²) >= 11 is 0. The van der Waals surface area contributed by atoms with Crippen molar-refractivity contribution in [2.24, 2.45) is 17.8 Å². The smallest absolute Gasteiger partial charge is 0.230 e. The number of nitrogens with zero attached hydrogens (tertiary/aromatic N) is 12. The van der Waals surface area contributed by atoms with Crippen LogP contribution in [-0.4, -0.2) is 117 Å². The molecule has 0 bridgehead atoms. The third-order valence-corrected chi connectivity index (χ3v) is 18.3. The van der Waals surface area contributed by atoms with Gasteiger partial charge in [-0.2, -0.15) is 15.3 Å². The van der Waals surface area contributed by atoms with Crippen LogP contribution in [0.4, 0.5) is 78.3 Å². The highest BCUT2D eigenvalue weighted by Gasteiger charge is 2.30. The molecular formula is C72H71F6N21O5. The van der Waals surface area contributed by atoms with Crippen LogP contribution in [0, 0.1) is 52.7 Å². The number of carbonyl (C=O) groups is 2. The van der Waals surface area contributed by atoms with Crippen LogP contribution in [0.1, 0.15) is 55.7 Å². The Hall–Kier alpha value is -12.0. The van der Waals surface area contributed by atoms with Crippen LogP contribution >= 0.6 is 0 Å². The number of anilines is 9. The molecule has 32 heteroatoms. The third kappa shape index (κ3) is 15.0. The van der Waals surface area contributed by atoms with E-state index in [4.69, 9.17) is 48.6 Å². The van der Waals surface area contributed by atoms with E-state index in [9.17, 15) is 35.9 Å². The number of rotatable bonds is 16. The minimum absolute atomic E-state index is 0.00564. The van der Waals surface area contributed by atoms with E-state index in [2.05, 4.69) is 68.1 Å². The molecule has 15 rings (SSSR count). The second-order valence-electron chi connectivity index (χ2n) is 25.1. The van der Waals surface area contributed by atoms with Gasteiger partial charge < -0.3 is 64.6 Å². The van der Waals surface area contributed by atoms with Crippen molar-refractivity contribution in [3.8, 4) is 34.6 Å². The molecule has 0 saturated carbocycles. The van der Waals surface area contributed by atoms with Gasteiger partial charge in [-0.25, -0.2) is 56.2 Å². The summed E-state index contributed by atoms with van der Waals surface area (Å²) in [6.45, 7) is 5.42. The molecule has 12 aromatic rings. The zero-order chi connectivity index (χ0) is 72.9. The molecule has 2 unspecified atom stereocenters. The van der Waals surface area contributed by atoms with E-state index < -0.39 is 34.9 Å². The topological polar surface area (TPSA) is 385 Å². The Kier molecular flexibility index (Phi) is 20.8. The maximum Gasteiger partial charge on any atom is 0.230 e. The second-order valence-corrected chi connectivity index (χ2v) is 25.1. The van der Waals surface area contributed by atoms with E-state index in [1.165, 1.54) is 62.6 Å². The van der Waals surface area contributed by atoms with Gasteiger partial charge in [-0.05, 0) is 81.3 Å².